The fourth-order valence-corrected chi connectivity index (χ4v) is 3.60. The predicted molar refractivity (Wildman–Crippen MR) is 88.5 cm³/mol. The van der Waals surface area contributed by atoms with Crippen molar-refractivity contribution in [2.75, 3.05) is 13.1 Å². The van der Waals surface area contributed by atoms with E-state index < -0.39 is 11.4 Å². The zero-order chi connectivity index (χ0) is 15.5. The molecule has 0 amide bonds. The normalized spacial score (nSPS) is 24.1. The topological polar surface area (TPSA) is 40.5 Å². The highest BCUT2D eigenvalue weighted by molar-refractivity contribution is 9.10. The molecule has 0 aromatic heterocycles. The van der Waals surface area contributed by atoms with Gasteiger partial charge in [0.05, 0.1) is 5.41 Å². The first kappa shape index (κ1) is 16.5. The predicted octanol–water partition coefficient (Wildman–Crippen LogP) is 3.96. The monoisotopic (exact) mass is 353 g/mol. The lowest BCUT2D eigenvalue weighted by Gasteiger charge is -2.28. The second kappa shape index (κ2) is 6.93. The van der Waals surface area contributed by atoms with Gasteiger partial charge in [-0.05, 0) is 50.4 Å². The smallest absolute Gasteiger partial charge is 0.310 e. The number of nitrogens with zero attached hydrogens (tertiary/aromatic N) is 1. The first-order valence-corrected chi connectivity index (χ1v) is 8.48. The van der Waals surface area contributed by atoms with Crippen molar-refractivity contribution in [2.45, 2.75) is 45.6 Å². The zero-order valence-electron chi connectivity index (χ0n) is 12.8. The third-order valence-electron chi connectivity index (χ3n) is 4.63. The Labute approximate surface area is 135 Å². The van der Waals surface area contributed by atoms with Gasteiger partial charge in [-0.2, -0.15) is 0 Å². The molecule has 2 unspecified atom stereocenters. The molecule has 1 aromatic carbocycles. The van der Waals surface area contributed by atoms with Gasteiger partial charge in [0.2, 0.25) is 0 Å². The van der Waals surface area contributed by atoms with Gasteiger partial charge < -0.3 is 5.11 Å². The number of halogens is 1. The van der Waals surface area contributed by atoms with E-state index in [0.717, 1.165) is 36.7 Å². The molecule has 2 rings (SSSR count). The molecule has 0 spiro atoms. The summed E-state index contributed by atoms with van der Waals surface area (Å²) in [6.45, 7) is 5.85. The summed E-state index contributed by atoms with van der Waals surface area (Å²) in [4.78, 5) is 14.0. The van der Waals surface area contributed by atoms with E-state index in [4.69, 9.17) is 0 Å². The Balaban J connectivity index is 1.99. The van der Waals surface area contributed by atoms with Gasteiger partial charge in [0.1, 0.15) is 0 Å². The Kier molecular flexibility index (Phi) is 5.44. The lowest BCUT2D eigenvalue weighted by Crippen LogP contribution is -2.38. The highest BCUT2D eigenvalue weighted by Gasteiger charge is 2.44. The van der Waals surface area contributed by atoms with Gasteiger partial charge in [-0.25, -0.2) is 0 Å². The number of carboxylic acids is 1. The molecule has 1 N–H and O–H groups in total. The first-order valence-electron chi connectivity index (χ1n) is 7.69. The Morgan fingerprint density at radius 1 is 1.43 bits per heavy atom. The SMILES string of the molecule is CCCC1(C(=O)O)CCN(C(C)Cc2ccc(Br)cc2)C1. The molecule has 0 radical (unpaired) electrons. The summed E-state index contributed by atoms with van der Waals surface area (Å²) in [5, 5.41) is 9.58. The summed E-state index contributed by atoms with van der Waals surface area (Å²) < 4.78 is 1.09. The molecular formula is C17H24BrNO2. The average molecular weight is 354 g/mol. The number of rotatable bonds is 6. The van der Waals surface area contributed by atoms with Crippen LogP contribution in [0.15, 0.2) is 28.7 Å². The minimum Gasteiger partial charge on any atom is -0.481 e. The van der Waals surface area contributed by atoms with E-state index in [1.54, 1.807) is 0 Å². The number of carboxylic acid groups (broad SMARTS) is 1. The van der Waals surface area contributed by atoms with Gasteiger partial charge in [-0.3, -0.25) is 9.69 Å². The maximum absolute atomic E-state index is 11.6. The molecule has 1 fully saturated rings. The molecule has 0 bridgehead atoms. The number of hydrogen-bond acceptors (Lipinski definition) is 2. The van der Waals surface area contributed by atoms with Crippen molar-refractivity contribution in [1.29, 1.82) is 0 Å². The first-order chi connectivity index (χ1) is 9.97. The summed E-state index contributed by atoms with van der Waals surface area (Å²) in [5.41, 5.74) is 0.775. The van der Waals surface area contributed by atoms with Crippen LogP contribution >= 0.6 is 15.9 Å². The second-order valence-electron chi connectivity index (χ2n) is 6.24. The van der Waals surface area contributed by atoms with E-state index in [9.17, 15) is 9.90 Å². The van der Waals surface area contributed by atoms with Gasteiger partial charge in [0.25, 0.3) is 0 Å². The fraction of sp³-hybridized carbons (Fsp3) is 0.588. The van der Waals surface area contributed by atoms with Crippen LogP contribution in [0.2, 0.25) is 0 Å². The fourth-order valence-electron chi connectivity index (χ4n) is 3.34. The Hall–Kier alpha value is -0.870. The Morgan fingerprint density at radius 3 is 2.67 bits per heavy atom. The van der Waals surface area contributed by atoms with E-state index in [0.29, 0.717) is 12.6 Å². The summed E-state index contributed by atoms with van der Waals surface area (Å²) in [5.74, 6) is -0.623. The van der Waals surface area contributed by atoms with Crippen molar-refractivity contribution in [3.8, 4) is 0 Å². The van der Waals surface area contributed by atoms with E-state index in [1.165, 1.54) is 5.56 Å². The lowest BCUT2D eigenvalue weighted by molar-refractivity contribution is -0.148. The second-order valence-corrected chi connectivity index (χ2v) is 7.15. The van der Waals surface area contributed by atoms with E-state index >= 15 is 0 Å². The number of benzene rings is 1. The Morgan fingerprint density at radius 2 is 2.10 bits per heavy atom. The number of carbonyl (C=O) groups is 1. The van der Waals surface area contributed by atoms with Crippen LogP contribution in [0, 0.1) is 5.41 Å². The van der Waals surface area contributed by atoms with Crippen LogP contribution in [0.5, 0.6) is 0 Å². The van der Waals surface area contributed by atoms with E-state index in [1.807, 2.05) is 0 Å². The molecule has 116 valence electrons. The van der Waals surface area contributed by atoms with Gasteiger partial charge in [-0.15, -0.1) is 0 Å². The van der Waals surface area contributed by atoms with Crippen molar-refractivity contribution in [1.82, 2.24) is 4.90 Å². The van der Waals surface area contributed by atoms with Crippen molar-refractivity contribution >= 4 is 21.9 Å². The van der Waals surface area contributed by atoms with E-state index in [-0.39, 0.29) is 0 Å². The third kappa shape index (κ3) is 3.86. The molecular weight excluding hydrogens is 330 g/mol. The molecule has 2 atom stereocenters. The van der Waals surface area contributed by atoms with Crippen LogP contribution < -0.4 is 0 Å². The standard InChI is InChI=1S/C17H24BrNO2/c1-3-8-17(16(20)21)9-10-19(12-17)13(2)11-14-4-6-15(18)7-5-14/h4-7,13H,3,8-12H2,1-2H3,(H,20,21). The van der Waals surface area contributed by atoms with Crippen LogP contribution in [-0.2, 0) is 11.2 Å². The maximum atomic E-state index is 11.6. The van der Waals surface area contributed by atoms with Crippen molar-refractivity contribution in [2.24, 2.45) is 5.41 Å². The summed E-state index contributed by atoms with van der Waals surface area (Å²) in [6, 6.07) is 8.76. The van der Waals surface area contributed by atoms with Crippen LogP contribution in [0.1, 0.15) is 38.7 Å². The van der Waals surface area contributed by atoms with Gasteiger partial charge in [0, 0.05) is 17.1 Å². The van der Waals surface area contributed by atoms with Gasteiger partial charge in [-0.1, -0.05) is 41.4 Å². The molecule has 1 aromatic rings. The summed E-state index contributed by atoms with van der Waals surface area (Å²) >= 11 is 3.45. The van der Waals surface area contributed by atoms with Gasteiger partial charge in [0.15, 0.2) is 0 Å². The minimum absolute atomic E-state index is 0.379. The molecule has 0 saturated carbocycles. The van der Waals surface area contributed by atoms with Crippen LogP contribution in [0.3, 0.4) is 0 Å². The quantitative estimate of drug-likeness (QED) is 0.841. The highest BCUT2D eigenvalue weighted by atomic mass is 79.9. The molecule has 1 heterocycles. The average Bonchev–Trinajstić information content (AvgIpc) is 2.88. The highest BCUT2D eigenvalue weighted by Crippen LogP contribution is 2.36. The molecule has 1 saturated heterocycles. The van der Waals surface area contributed by atoms with Crippen molar-refractivity contribution in [3.63, 3.8) is 0 Å². The lowest BCUT2D eigenvalue weighted by atomic mass is 9.82. The number of likely N-dealkylation sites (tertiary alicyclic amines) is 1. The Bertz CT molecular complexity index is 488. The van der Waals surface area contributed by atoms with Crippen LogP contribution in [0.4, 0.5) is 0 Å². The van der Waals surface area contributed by atoms with Gasteiger partial charge >= 0.3 is 5.97 Å². The molecule has 1 aliphatic rings. The minimum atomic E-state index is -0.623. The van der Waals surface area contributed by atoms with Crippen molar-refractivity contribution < 1.29 is 9.90 Å². The number of hydrogen-bond donors (Lipinski definition) is 1. The van der Waals surface area contributed by atoms with Crippen LogP contribution in [0.25, 0.3) is 0 Å². The maximum Gasteiger partial charge on any atom is 0.310 e. The molecule has 1 aliphatic heterocycles. The largest absolute Gasteiger partial charge is 0.481 e. The third-order valence-corrected chi connectivity index (χ3v) is 5.16. The number of aliphatic carboxylic acids is 1. The summed E-state index contributed by atoms with van der Waals surface area (Å²) in [6.07, 6.45) is 3.46. The van der Waals surface area contributed by atoms with Crippen molar-refractivity contribution in [3.05, 3.63) is 34.3 Å². The summed E-state index contributed by atoms with van der Waals surface area (Å²) in [7, 11) is 0. The zero-order valence-corrected chi connectivity index (χ0v) is 14.4. The molecule has 3 nitrogen and oxygen atoms in total. The van der Waals surface area contributed by atoms with E-state index in [2.05, 4.69) is 58.9 Å². The molecule has 4 heteroatoms. The molecule has 0 aliphatic carbocycles. The molecule has 21 heavy (non-hydrogen) atoms. The van der Waals surface area contributed by atoms with Crippen LogP contribution in [-0.4, -0.2) is 35.1 Å².